The fourth-order valence-electron chi connectivity index (χ4n) is 3.72. The summed E-state index contributed by atoms with van der Waals surface area (Å²) in [6.45, 7) is 5.18. The van der Waals surface area contributed by atoms with Gasteiger partial charge in [0.15, 0.2) is 0 Å². The first kappa shape index (κ1) is 21.0. The van der Waals surface area contributed by atoms with Crippen LogP contribution in [0.4, 0.5) is 5.69 Å². The van der Waals surface area contributed by atoms with Crippen LogP contribution in [-0.2, 0) is 11.2 Å². The Morgan fingerprint density at radius 1 is 1.24 bits per heavy atom. The highest BCUT2D eigenvalue weighted by Crippen LogP contribution is 2.26. The molecule has 5 rings (SSSR count). The van der Waals surface area contributed by atoms with Gasteiger partial charge in [-0.2, -0.15) is 4.98 Å². The third-order valence-corrected chi connectivity index (χ3v) is 5.88. The predicted molar refractivity (Wildman–Crippen MR) is 122 cm³/mol. The second-order valence-electron chi connectivity index (χ2n) is 8.41. The summed E-state index contributed by atoms with van der Waals surface area (Å²) in [4.78, 5) is 33.3. The Morgan fingerprint density at radius 2 is 2.09 bits per heavy atom. The largest absolute Gasteiger partial charge is 0.339 e. The molecule has 0 spiro atoms. The van der Waals surface area contributed by atoms with Crippen molar-refractivity contribution in [2.45, 2.75) is 32.6 Å². The zero-order chi connectivity index (χ0) is 22.9. The van der Waals surface area contributed by atoms with E-state index in [2.05, 4.69) is 25.8 Å². The highest BCUT2D eigenvalue weighted by molar-refractivity contribution is 6.04. The van der Waals surface area contributed by atoms with Crippen LogP contribution < -0.4 is 10.6 Å². The average Bonchev–Trinajstić information content (AvgIpc) is 3.40. The number of Topliss-reactive ketones (excluding diaryl/α,β-unsaturated/α-hetero) is 1. The number of ketones is 1. The highest BCUT2D eigenvalue weighted by Gasteiger charge is 2.25. The van der Waals surface area contributed by atoms with Crippen molar-refractivity contribution in [1.82, 2.24) is 24.8 Å². The molecule has 4 heterocycles. The molecule has 0 unspecified atom stereocenters. The molecule has 2 N–H and O–H groups in total. The smallest absolute Gasteiger partial charge is 0.274 e. The van der Waals surface area contributed by atoms with Gasteiger partial charge in [-0.25, -0.2) is 4.98 Å². The van der Waals surface area contributed by atoms with Crippen LogP contribution in [0.1, 0.15) is 46.8 Å². The maximum absolute atomic E-state index is 13.1. The standard InChI is InChI=1S/C24H24N6O3/c1-14-3-7-17(22-28-24(33-29-22)18-10-25-11-18)9-19(14)27-23(32)20-12-26-21-8-6-16(13-30(20)21)5-4-15(2)31/h3,6-9,12-13,18,25H,4-5,10-11H2,1-2H3,(H,27,32). The molecule has 3 aromatic heterocycles. The van der Waals surface area contributed by atoms with Gasteiger partial charge in [0.25, 0.3) is 5.91 Å². The molecule has 9 heteroatoms. The number of pyridine rings is 1. The minimum Gasteiger partial charge on any atom is -0.339 e. The van der Waals surface area contributed by atoms with Crippen molar-refractivity contribution in [2.24, 2.45) is 0 Å². The van der Waals surface area contributed by atoms with E-state index in [1.54, 1.807) is 17.5 Å². The number of amides is 1. The number of fused-ring (bicyclic) bond motifs is 1. The number of aromatic nitrogens is 4. The Morgan fingerprint density at radius 3 is 2.85 bits per heavy atom. The Labute approximate surface area is 190 Å². The van der Waals surface area contributed by atoms with Crippen molar-refractivity contribution in [3.63, 3.8) is 0 Å². The lowest BCUT2D eigenvalue weighted by molar-refractivity contribution is -0.116. The lowest BCUT2D eigenvalue weighted by Crippen LogP contribution is -2.40. The third kappa shape index (κ3) is 4.27. The van der Waals surface area contributed by atoms with Gasteiger partial charge < -0.3 is 20.0 Å². The Kier molecular flexibility index (Phi) is 5.47. The first-order chi connectivity index (χ1) is 16.0. The minimum atomic E-state index is -0.277. The second kappa shape index (κ2) is 8.59. The van der Waals surface area contributed by atoms with E-state index in [0.29, 0.717) is 41.6 Å². The SMILES string of the molecule is CC(=O)CCc1ccc2ncc(C(=O)Nc3cc(-c4noc(C5CNC5)n4)ccc3C)n2c1. The van der Waals surface area contributed by atoms with Crippen molar-refractivity contribution in [3.05, 3.63) is 65.4 Å². The number of imidazole rings is 1. The van der Waals surface area contributed by atoms with E-state index >= 15 is 0 Å². The van der Waals surface area contributed by atoms with Crippen molar-refractivity contribution >= 4 is 23.0 Å². The van der Waals surface area contributed by atoms with Crippen LogP contribution in [-0.4, -0.2) is 44.3 Å². The third-order valence-electron chi connectivity index (χ3n) is 5.88. The maximum atomic E-state index is 13.1. The van der Waals surface area contributed by atoms with E-state index in [4.69, 9.17) is 4.52 Å². The summed E-state index contributed by atoms with van der Waals surface area (Å²) in [5, 5.41) is 10.3. The average molecular weight is 444 g/mol. The lowest BCUT2D eigenvalue weighted by atomic mass is 10.0. The molecule has 1 aliphatic rings. The zero-order valence-electron chi connectivity index (χ0n) is 18.5. The van der Waals surface area contributed by atoms with E-state index in [1.165, 1.54) is 0 Å². The molecular formula is C24H24N6O3. The van der Waals surface area contributed by atoms with Gasteiger partial charge in [-0.15, -0.1) is 0 Å². The Balaban J connectivity index is 1.38. The molecular weight excluding hydrogens is 420 g/mol. The molecule has 0 atom stereocenters. The van der Waals surface area contributed by atoms with Gasteiger partial charge >= 0.3 is 0 Å². The predicted octanol–water partition coefficient (Wildman–Crippen LogP) is 3.15. The number of hydrogen-bond donors (Lipinski definition) is 2. The Bertz CT molecular complexity index is 1350. The number of nitrogens with one attached hydrogen (secondary N) is 2. The summed E-state index contributed by atoms with van der Waals surface area (Å²) < 4.78 is 7.16. The minimum absolute atomic E-state index is 0.132. The van der Waals surface area contributed by atoms with Crippen LogP contribution in [0.25, 0.3) is 17.0 Å². The fraction of sp³-hybridized carbons (Fsp3) is 0.292. The molecule has 1 aromatic carbocycles. The van der Waals surface area contributed by atoms with Crippen LogP contribution in [0.15, 0.2) is 47.2 Å². The summed E-state index contributed by atoms with van der Waals surface area (Å²) in [6.07, 6.45) is 4.49. The van der Waals surface area contributed by atoms with Crippen LogP contribution in [0.5, 0.6) is 0 Å². The van der Waals surface area contributed by atoms with Gasteiger partial charge in [0.1, 0.15) is 17.1 Å². The molecule has 0 bridgehead atoms. The fourth-order valence-corrected chi connectivity index (χ4v) is 3.72. The molecule has 1 saturated heterocycles. The van der Waals surface area contributed by atoms with Crippen LogP contribution in [0, 0.1) is 6.92 Å². The summed E-state index contributed by atoms with van der Waals surface area (Å²) in [5.41, 5.74) is 4.40. The van der Waals surface area contributed by atoms with Gasteiger partial charge in [0.2, 0.25) is 11.7 Å². The number of carbonyl (C=O) groups is 2. The highest BCUT2D eigenvalue weighted by atomic mass is 16.5. The lowest BCUT2D eigenvalue weighted by Gasteiger charge is -2.22. The number of hydrogen-bond acceptors (Lipinski definition) is 7. The molecule has 0 saturated carbocycles. The number of aryl methyl sites for hydroxylation is 2. The van der Waals surface area contributed by atoms with E-state index in [0.717, 1.165) is 29.8 Å². The van der Waals surface area contributed by atoms with E-state index in [-0.39, 0.29) is 17.6 Å². The van der Waals surface area contributed by atoms with Gasteiger partial charge in [0.05, 0.1) is 12.1 Å². The summed E-state index contributed by atoms with van der Waals surface area (Å²) in [7, 11) is 0. The van der Waals surface area contributed by atoms with Gasteiger partial charge in [-0.05, 0) is 43.5 Å². The summed E-state index contributed by atoms with van der Waals surface area (Å²) in [6, 6.07) is 9.46. The van der Waals surface area contributed by atoms with Crippen molar-refractivity contribution in [3.8, 4) is 11.4 Å². The molecule has 0 radical (unpaired) electrons. The van der Waals surface area contributed by atoms with Crippen LogP contribution in [0.3, 0.4) is 0 Å². The number of nitrogens with zero attached hydrogens (tertiary/aromatic N) is 4. The second-order valence-corrected chi connectivity index (χ2v) is 8.41. The molecule has 9 nitrogen and oxygen atoms in total. The normalized spacial score (nSPS) is 13.8. The first-order valence-corrected chi connectivity index (χ1v) is 10.9. The van der Waals surface area contributed by atoms with E-state index in [9.17, 15) is 9.59 Å². The summed E-state index contributed by atoms with van der Waals surface area (Å²) >= 11 is 0. The van der Waals surface area contributed by atoms with Crippen LogP contribution >= 0.6 is 0 Å². The number of rotatable bonds is 7. The molecule has 0 aliphatic carbocycles. The molecule has 33 heavy (non-hydrogen) atoms. The van der Waals surface area contributed by atoms with E-state index < -0.39 is 0 Å². The monoisotopic (exact) mass is 444 g/mol. The van der Waals surface area contributed by atoms with Gasteiger partial charge in [-0.1, -0.05) is 23.4 Å². The topological polar surface area (TPSA) is 114 Å². The maximum Gasteiger partial charge on any atom is 0.274 e. The van der Waals surface area contributed by atoms with Gasteiger partial charge in [-0.3, -0.25) is 9.20 Å². The van der Waals surface area contributed by atoms with Crippen LogP contribution in [0.2, 0.25) is 0 Å². The number of anilines is 1. The molecule has 1 fully saturated rings. The summed E-state index contributed by atoms with van der Waals surface area (Å²) in [5.74, 6) is 1.23. The Hall–Kier alpha value is -3.85. The number of benzene rings is 1. The quantitative estimate of drug-likeness (QED) is 0.450. The molecule has 1 aliphatic heterocycles. The van der Waals surface area contributed by atoms with Crippen molar-refractivity contribution in [2.75, 3.05) is 18.4 Å². The zero-order valence-corrected chi connectivity index (χ0v) is 18.5. The van der Waals surface area contributed by atoms with Crippen molar-refractivity contribution in [1.29, 1.82) is 0 Å². The van der Waals surface area contributed by atoms with Crippen molar-refractivity contribution < 1.29 is 14.1 Å². The molecule has 1 amide bonds. The molecule has 4 aromatic rings. The number of carbonyl (C=O) groups excluding carboxylic acids is 2. The van der Waals surface area contributed by atoms with E-state index in [1.807, 2.05) is 43.5 Å². The molecule has 168 valence electrons. The van der Waals surface area contributed by atoms with Gasteiger partial charge in [0, 0.05) is 37.0 Å². The first-order valence-electron chi connectivity index (χ1n) is 10.9.